The monoisotopic (exact) mass is 147 g/mol. The molecule has 0 spiro atoms. The third-order valence-corrected chi connectivity index (χ3v) is 0.960. The number of nitrogens with one attached hydrogen (secondary N) is 1. The maximum absolute atomic E-state index is 10.5. The molecule has 11 heavy (non-hydrogen) atoms. The summed E-state index contributed by atoms with van der Waals surface area (Å²) in [6.45, 7) is 1.39. The smallest absolute Gasteiger partial charge is 0.229 e. The second-order valence-corrected chi connectivity index (χ2v) is 2.02. The first-order chi connectivity index (χ1) is 5.18. The van der Waals surface area contributed by atoms with Crippen molar-refractivity contribution in [2.75, 3.05) is 5.32 Å². The van der Waals surface area contributed by atoms with Gasteiger partial charge in [0.05, 0.1) is 0 Å². The van der Waals surface area contributed by atoms with Gasteiger partial charge in [0, 0.05) is 19.3 Å². The Labute approximate surface area is 65.5 Å². The van der Waals surface area contributed by atoms with E-state index in [2.05, 4.69) is 15.3 Å². The first-order valence-electron chi connectivity index (χ1n) is 3.03. The van der Waals surface area contributed by atoms with Crippen LogP contribution in [0.2, 0.25) is 0 Å². The number of carbonyl (C=O) groups is 1. The molecule has 1 N–H and O–H groups in total. The van der Waals surface area contributed by atoms with E-state index in [0.717, 1.165) is 0 Å². The lowest BCUT2D eigenvalue weighted by Gasteiger charge is -1.98. The number of rotatable bonds is 1. The molecule has 5 heteroatoms. The van der Waals surface area contributed by atoms with Gasteiger partial charge >= 0.3 is 0 Å². The number of hydrogen-bond donors (Lipinski definition) is 1. The van der Waals surface area contributed by atoms with Crippen molar-refractivity contribution in [1.82, 2.24) is 9.97 Å². The van der Waals surface area contributed by atoms with Crippen molar-refractivity contribution < 1.29 is 4.79 Å². The largest absolute Gasteiger partial charge is 0.295 e. The summed E-state index contributed by atoms with van der Waals surface area (Å²) in [6.07, 6.45) is 2.86. The summed E-state index contributed by atoms with van der Waals surface area (Å²) in [5.74, 6) is 0.0708. The SMILES string of the molecule is [B]c1cnc(NC(C)=O)nc1. The Morgan fingerprint density at radius 1 is 1.55 bits per heavy atom. The predicted molar refractivity (Wildman–Crippen MR) is 41.7 cm³/mol. The molecular weight excluding hydrogens is 141 g/mol. The molecule has 1 amide bonds. The zero-order valence-corrected chi connectivity index (χ0v) is 6.03. The van der Waals surface area contributed by atoms with Crippen LogP contribution < -0.4 is 10.8 Å². The Morgan fingerprint density at radius 2 is 2.09 bits per heavy atom. The van der Waals surface area contributed by atoms with Gasteiger partial charge in [-0.2, -0.15) is 0 Å². The van der Waals surface area contributed by atoms with Gasteiger partial charge in [-0.05, 0) is 0 Å². The van der Waals surface area contributed by atoms with Crippen molar-refractivity contribution in [1.29, 1.82) is 0 Å². The Kier molecular flexibility index (Phi) is 2.20. The molecule has 0 aliphatic heterocycles. The van der Waals surface area contributed by atoms with E-state index in [1.165, 1.54) is 19.3 Å². The number of aromatic nitrogens is 2. The van der Waals surface area contributed by atoms with E-state index in [9.17, 15) is 4.79 Å². The summed E-state index contributed by atoms with van der Waals surface area (Å²) < 4.78 is 0. The molecule has 1 aromatic rings. The first-order valence-corrected chi connectivity index (χ1v) is 3.03. The molecule has 0 fully saturated rings. The summed E-state index contributed by atoms with van der Waals surface area (Å²) in [5, 5.41) is 2.42. The number of nitrogens with zero attached hydrogens (tertiary/aromatic N) is 2. The maximum Gasteiger partial charge on any atom is 0.229 e. The Balaban J connectivity index is 2.74. The minimum Gasteiger partial charge on any atom is -0.295 e. The molecule has 2 radical (unpaired) electrons. The second-order valence-electron chi connectivity index (χ2n) is 2.02. The van der Waals surface area contributed by atoms with Crippen molar-refractivity contribution in [3.8, 4) is 0 Å². The fourth-order valence-corrected chi connectivity index (χ4v) is 0.560. The summed E-state index contributed by atoms with van der Waals surface area (Å²) in [4.78, 5) is 18.0. The average molecular weight is 147 g/mol. The lowest BCUT2D eigenvalue weighted by molar-refractivity contribution is -0.114. The van der Waals surface area contributed by atoms with Crippen LogP contribution in [0.25, 0.3) is 0 Å². The van der Waals surface area contributed by atoms with Crippen LogP contribution in [0, 0.1) is 0 Å². The molecule has 0 aliphatic rings. The van der Waals surface area contributed by atoms with Gasteiger partial charge in [-0.25, -0.2) is 9.97 Å². The van der Waals surface area contributed by atoms with Gasteiger partial charge in [-0.15, -0.1) is 0 Å². The van der Waals surface area contributed by atoms with Crippen LogP contribution in [-0.2, 0) is 4.79 Å². The highest BCUT2D eigenvalue weighted by Crippen LogP contribution is 1.90. The Morgan fingerprint density at radius 3 is 2.55 bits per heavy atom. The molecule has 1 heterocycles. The zero-order chi connectivity index (χ0) is 8.27. The molecule has 0 bridgehead atoms. The third-order valence-electron chi connectivity index (χ3n) is 0.960. The topological polar surface area (TPSA) is 54.9 Å². The quantitative estimate of drug-likeness (QED) is 0.530. The molecule has 0 unspecified atom stereocenters. The van der Waals surface area contributed by atoms with Gasteiger partial charge in [0.15, 0.2) is 0 Å². The number of amides is 1. The molecule has 0 saturated carbocycles. The lowest BCUT2D eigenvalue weighted by atomic mass is 10.0. The zero-order valence-electron chi connectivity index (χ0n) is 6.03. The van der Waals surface area contributed by atoms with E-state index >= 15 is 0 Å². The van der Waals surface area contributed by atoms with Gasteiger partial charge in [0.2, 0.25) is 11.9 Å². The highest BCUT2D eigenvalue weighted by molar-refractivity contribution is 6.31. The van der Waals surface area contributed by atoms with Gasteiger partial charge in [-0.1, -0.05) is 5.46 Å². The molecule has 0 aliphatic carbocycles. The Bertz CT molecular complexity index is 259. The van der Waals surface area contributed by atoms with Gasteiger partial charge in [0.1, 0.15) is 7.85 Å². The van der Waals surface area contributed by atoms with Crippen molar-refractivity contribution in [2.45, 2.75) is 6.92 Å². The molecule has 1 aromatic heterocycles. The van der Waals surface area contributed by atoms with E-state index in [1.807, 2.05) is 0 Å². The average Bonchev–Trinajstić information content (AvgIpc) is 1.93. The van der Waals surface area contributed by atoms with Crippen LogP contribution in [0.3, 0.4) is 0 Å². The van der Waals surface area contributed by atoms with Crippen LogP contribution in [0.1, 0.15) is 6.92 Å². The van der Waals surface area contributed by atoms with Gasteiger partial charge in [0.25, 0.3) is 0 Å². The van der Waals surface area contributed by atoms with Crippen molar-refractivity contribution in [2.24, 2.45) is 0 Å². The van der Waals surface area contributed by atoms with Gasteiger partial charge in [-0.3, -0.25) is 10.1 Å². The van der Waals surface area contributed by atoms with E-state index in [-0.39, 0.29) is 11.9 Å². The summed E-state index contributed by atoms with van der Waals surface area (Å²) >= 11 is 0. The maximum atomic E-state index is 10.5. The molecule has 0 aromatic carbocycles. The fourth-order valence-electron chi connectivity index (χ4n) is 0.560. The summed E-state index contributed by atoms with van der Waals surface area (Å²) in [6, 6.07) is 0. The Hall–Kier alpha value is -1.39. The third kappa shape index (κ3) is 2.37. The molecule has 4 nitrogen and oxygen atoms in total. The van der Waals surface area contributed by atoms with E-state index in [4.69, 9.17) is 7.85 Å². The summed E-state index contributed by atoms with van der Waals surface area (Å²) in [7, 11) is 5.32. The highest BCUT2D eigenvalue weighted by atomic mass is 16.1. The minimum atomic E-state index is -0.199. The normalized spacial score (nSPS) is 9.18. The van der Waals surface area contributed by atoms with Crippen molar-refractivity contribution in [3.05, 3.63) is 12.4 Å². The van der Waals surface area contributed by atoms with Crippen molar-refractivity contribution in [3.63, 3.8) is 0 Å². The predicted octanol–water partition coefficient (Wildman–Crippen LogP) is -0.771. The van der Waals surface area contributed by atoms with Crippen LogP contribution in [0.15, 0.2) is 12.4 Å². The number of carbonyl (C=O) groups excluding carboxylic acids is 1. The highest BCUT2D eigenvalue weighted by Gasteiger charge is 1.95. The first kappa shape index (κ1) is 7.72. The second kappa shape index (κ2) is 3.14. The van der Waals surface area contributed by atoms with E-state index in [0.29, 0.717) is 5.46 Å². The van der Waals surface area contributed by atoms with E-state index < -0.39 is 0 Å². The van der Waals surface area contributed by atoms with Crippen LogP contribution >= 0.6 is 0 Å². The molecular formula is C6H6BN3O. The lowest BCUT2D eigenvalue weighted by Crippen LogP contribution is -2.12. The summed E-state index contributed by atoms with van der Waals surface area (Å²) in [5.41, 5.74) is 0.471. The minimum absolute atomic E-state index is 0.199. The fraction of sp³-hybridized carbons (Fsp3) is 0.167. The molecule has 54 valence electrons. The molecule has 0 atom stereocenters. The standard InChI is InChI=1S/C6H6BN3O/c1-4(11)10-6-8-2-5(7)3-9-6/h2-3H,1H3,(H,8,9,10,11). The number of hydrogen-bond acceptors (Lipinski definition) is 3. The van der Waals surface area contributed by atoms with E-state index in [1.54, 1.807) is 0 Å². The van der Waals surface area contributed by atoms with Crippen LogP contribution in [0.5, 0.6) is 0 Å². The van der Waals surface area contributed by atoms with Crippen LogP contribution in [0.4, 0.5) is 5.95 Å². The van der Waals surface area contributed by atoms with Crippen LogP contribution in [-0.4, -0.2) is 23.7 Å². The van der Waals surface area contributed by atoms with Crippen molar-refractivity contribution >= 4 is 25.2 Å². The van der Waals surface area contributed by atoms with Gasteiger partial charge < -0.3 is 0 Å². The number of anilines is 1. The molecule has 0 saturated heterocycles. The molecule has 1 rings (SSSR count).